The zero-order valence-electron chi connectivity index (χ0n) is 20.4. The van der Waals surface area contributed by atoms with Gasteiger partial charge in [0.05, 0.1) is 17.8 Å². The van der Waals surface area contributed by atoms with Crippen molar-refractivity contribution >= 4 is 5.78 Å². The fraction of sp³-hybridized carbons (Fsp3) is 0.667. The average molecular weight is 443 g/mol. The first-order chi connectivity index (χ1) is 14.8. The molecule has 3 aliphatic rings. The highest BCUT2D eigenvalue weighted by Gasteiger charge is 2.48. The normalized spacial score (nSPS) is 31.8. The molecule has 0 aromatic heterocycles. The maximum atomic E-state index is 13.3. The van der Waals surface area contributed by atoms with Crippen molar-refractivity contribution in [2.24, 2.45) is 5.41 Å². The third-order valence-electron chi connectivity index (χ3n) is 7.77. The SMILES string of the molecule is Cc1cc(O)cc2c1O[C@@](C)(CC1=C3C[C@@H](O)C(C)(C)O[C@@H]1C(C)(C)CCCC3=O)CC2. The largest absolute Gasteiger partial charge is 0.508 e. The van der Waals surface area contributed by atoms with Gasteiger partial charge in [-0.2, -0.15) is 0 Å². The van der Waals surface area contributed by atoms with Crippen LogP contribution in [0.4, 0.5) is 0 Å². The van der Waals surface area contributed by atoms with E-state index in [4.69, 9.17) is 9.47 Å². The molecule has 32 heavy (non-hydrogen) atoms. The van der Waals surface area contributed by atoms with Gasteiger partial charge in [-0.3, -0.25) is 4.79 Å². The Hall–Kier alpha value is -1.85. The first-order valence-electron chi connectivity index (χ1n) is 11.9. The minimum Gasteiger partial charge on any atom is -0.508 e. The van der Waals surface area contributed by atoms with Gasteiger partial charge in [-0.15, -0.1) is 0 Å². The topological polar surface area (TPSA) is 76.0 Å². The highest BCUT2D eigenvalue weighted by molar-refractivity contribution is 5.96. The third-order valence-corrected chi connectivity index (χ3v) is 7.77. The Balaban J connectivity index is 1.77. The summed E-state index contributed by atoms with van der Waals surface area (Å²) in [6.07, 6.45) is 3.76. The molecule has 3 atom stereocenters. The van der Waals surface area contributed by atoms with E-state index in [1.165, 1.54) is 0 Å². The number of ether oxygens (including phenoxy) is 2. The summed E-state index contributed by atoms with van der Waals surface area (Å²) >= 11 is 0. The molecule has 0 radical (unpaired) electrons. The first-order valence-corrected chi connectivity index (χ1v) is 11.9. The molecule has 2 heterocycles. The van der Waals surface area contributed by atoms with E-state index in [0.717, 1.165) is 53.7 Å². The number of aliphatic hydroxyl groups excluding tert-OH is 1. The lowest BCUT2D eigenvalue weighted by Crippen LogP contribution is -2.46. The second kappa shape index (κ2) is 7.88. The number of carbonyl (C=O) groups is 1. The van der Waals surface area contributed by atoms with Gasteiger partial charge in [0, 0.05) is 19.3 Å². The average Bonchev–Trinajstić information content (AvgIpc) is 2.78. The Morgan fingerprint density at radius 1 is 1.09 bits per heavy atom. The van der Waals surface area contributed by atoms with Gasteiger partial charge in [-0.25, -0.2) is 0 Å². The maximum absolute atomic E-state index is 13.3. The van der Waals surface area contributed by atoms with Crippen LogP contribution >= 0.6 is 0 Å². The van der Waals surface area contributed by atoms with Gasteiger partial charge in [0.2, 0.25) is 0 Å². The Morgan fingerprint density at radius 3 is 2.53 bits per heavy atom. The molecular formula is C27H38O5. The van der Waals surface area contributed by atoms with Crippen molar-refractivity contribution in [2.45, 2.75) is 110 Å². The van der Waals surface area contributed by atoms with Gasteiger partial charge in [0.1, 0.15) is 17.1 Å². The van der Waals surface area contributed by atoms with E-state index in [1.807, 2.05) is 20.8 Å². The molecular weight excluding hydrogens is 404 g/mol. The van der Waals surface area contributed by atoms with Gasteiger partial charge in [-0.1, -0.05) is 13.8 Å². The number of rotatable bonds is 2. The summed E-state index contributed by atoms with van der Waals surface area (Å²) in [5.74, 6) is 1.24. The van der Waals surface area contributed by atoms with E-state index in [-0.39, 0.29) is 23.1 Å². The van der Waals surface area contributed by atoms with Crippen LogP contribution in [0.3, 0.4) is 0 Å². The number of hydrogen-bond donors (Lipinski definition) is 2. The van der Waals surface area contributed by atoms with Crippen molar-refractivity contribution in [3.8, 4) is 11.5 Å². The number of aliphatic hydroxyl groups is 1. The van der Waals surface area contributed by atoms with Crippen LogP contribution in [0.5, 0.6) is 11.5 Å². The van der Waals surface area contributed by atoms with Gasteiger partial charge >= 0.3 is 0 Å². The smallest absolute Gasteiger partial charge is 0.159 e. The Morgan fingerprint density at radius 2 is 1.81 bits per heavy atom. The molecule has 2 aliphatic heterocycles. The number of Topliss-reactive ketones (excluding diaryl/α,β-unsaturated/α-hetero) is 1. The zero-order valence-corrected chi connectivity index (χ0v) is 20.4. The molecule has 0 saturated carbocycles. The predicted octanol–water partition coefficient (Wildman–Crippen LogP) is 5.18. The number of phenols is 1. The Bertz CT molecular complexity index is 957. The summed E-state index contributed by atoms with van der Waals surface area (Å²) in [4.78, 5) is 13.3. The number of fused-ring (bicyclic) bond motifs is 2. The van der Waals surface area contributed by atoms with Gasteiger partial charge in [-0.05, 0) is 93.2 Å². The van der Waals surface area contributed by atoms with Gasteiger partial charge < -0.3 is 19.7 Å². The Kier molecular flexibility index (Phi) is 5.74. The van der Waals surface area contributed by atoms with Crippen LogP contribution in [0.25, 0.3) is 0 Å². The fourth-order valence-corrected chi connectivity index (χ4v) is 5.67. The number of ketones is 1. The van der Waals surface area contributed by atoms with Crippen LogP contribution < -0.4 is 4.74 Å². The number of aryl methyl sites for hydroxylation is 2. The fourth-order valence-electron chi connectivity index (χ4n) is 5.67. The molecule has 1 aliphatic carbocycles. The molecule has 0 amide bonds. The minimum atomic E-state index is -0.741. The summed E-state index contributed by atoms with van der Waals surface area (Å²) < 4.78 is 13.2. The van der Waals surface area contributed by atoms with Gasteiger partial charge in [0.25, 0.3) is 0 Å². The molecule has 2 N–H and O–H groups in total. The van der Waals surface area contributed by atoms with E-state index in [9.17, 15) is 15.0 Å². The van der Waals surface area contributed by atoms with Crippen LogP contribution in [0.1, 0.15) is 84.3 Å². The molecule has 0 unspecified atom stereocenters. The lowest BCUT2D eigenvalue weighted by molar-refractivity contribution is -0.150. The van der Waals surface area contributed by atoms with E-state index < -0.39 is 17.3 Å². The summed E-state index contributed by atoms with van der Waals surface area (Å²) in [6.45, 7) is 12.3. The predicted molar refractivity (Wildman–Crippen MR) is 124 cm³/mol. The second-order valence-electron chi connectivity index (χ2n) is 11.6. The lowest BCUT2D eigenvalue weighted by atomic mass is 9.71. The standard InChI is InChI=1S/C27H38O5/c1-16-12-18(28)13-17-9-11-27(6,31-23(16)17)15-20-19-14-22(30)26(4,5)32-24(20)25(2,3)10-7-8-21(19)29/h12-13,22,24,28,30H,7-11,14-15H2,1-6H3/t22-,24+,27-/m1/s1. The number of carbonyl (C=O) groups excluding carboxylic acids is 1. The van der Waals surface area contributed by atoms with Gasteiger partial charge in [0.15, 0.2) is 5.78 Å². The minimum absolute atomic E-state index is 0.141. The number of aromatic hydroxyl groups is 1. The van der Waals surface area contributed by atoms with Crippen molar-refractivity contribution < 1.29 is 24.5 Å². The monoisotopic (exact) mass is 442 g/mol. The summed E-state index contributed by atoms with van der Waals surface area (Å²) in [5, 5.41) is 20.9. The van der Waals surface area contributed by atoms with E-state index in [0.29, 0.717) is 19.3 Å². The first kappa shape index (κ1) is 23.3. The number of benzene rings is 1. The molecule has 5 nitrogen and oxygen atoms in total. The van der Waals surface area contributed by atoms with E-state index >= 15 is 0 Å². The molecule has 2 bridgehead atoms. The zero-order chi connectivity index (χ0) is 23.5. The van der Waals surface area contributed by atoms with Crippen molar-refractivity contribution in [1.29, 1.82) is 0 Å². The molecule has 1 aromatic carbocycles. The van der Waals surface area contributed by atoms with E-state index in [2.05, 4.69) is 20.8 Å². The van der Waals surface area contributed by atoms with Crippen LogP contribution in [0, 0.1) is 12.3 Å². The highest BCUT2D eigenvalue weighted by Crippen LogP contribution is 2.48. The quantitative estimate of drug-likeness (QED) is 0.660. The van der Waals surface area contributed by atoms with Crippen LogP contribution in [0.15, 0.2) is 23.3 Å². The second-order valence-corrected chi connectivity index (χ2v) is 11.6. The number of phenolic OH excluding ortho intramolecular Hbond substituents is 1. The van der Waals surface area contributed by atoms with Crippen molar-refractivity contribution in [1.82, 2.24) is 0 Å². The summed E-state index contributed by atoms with van der Waals surface area (Å²) in [7, 11) is 0. The molecule has 176 valence electrons. The third kappa shape index (κ3) is 4.22. The molecule has 0 fully saturated rings. The summed E-state index contributed by atoms with van der Waals surface area (Å²) in [5.41, 5.74) is 2.30. The van der Waals surface area contributed by atoms with Crippen molar-refractivity contribution in [3.05, 3.63) is 34.4 Å². The summed E-state index contributed by atoms with van der Waals surface area (Å²) in [6, 6.07) is 3.52. The molecule has 4 rings (SSSR count). The molecule has 5 heteroatoms. The van der Waals surface area contributed by atoms with Crippen molar-refractivity contribution in [3.63, 3.8) is 0 Å². The van der Waals surface area contributed by atoms with Crippen molar-refractivity contribution in [2.75, 3.05) is 0 Å². The number of hydrogen-bond acceptors (Lipinski definition) is 5. The van der Waals surface area contributed by atoms with E-state index in [1.54, 1.807) is 12.1 Å². The maximum Gasteiger partial charge on any atom is 0.159 e. The van der Waals surface area contributed by atoms with Crippen LogP contribution in [0.2, 0.25) is 0 Å². The Labute approximate surface area is 191 Å². The molecule has 1 aromatic rings. The highest BCUT2D eigenvalue weighted by atomic mass is 16.5. The lowest BCUT2D eigenvalue weighted by Gasteiger charge is -2.44. The van der Waals surface area contributed by atoms with Crippen LogP contribution in [-0.4, -0.2) is 39.4 Å². The van der Waals surface area contributed by atoms with Crippen LogP contribution in [-0.2, 0) is 16.0 Å². The molecule has 0 spiro atoms. The molecule has 0 saturated heterocycles.